The standard InChI is InChI=1S/C10H10N4O2/c1-3-8(11-4-2)14-9-6-12-7(5-13-9)10(15)16/h3-6H,1-2H2,(H,15,16)(H,11,13,14). The maximum Gasteiger partial charge on any atom is 0.356 e. The highest BCUT2D eigenvalue weighted by atomic mass is 16.4. The van der Waals surface area contributed by atoms with Gasteiger partial charge in [-0.3, -0.25) is 0 Å². The number of aromatic carboxylic acids is 1. The fourth-order valence-corrected chi connectivity index (χ4v) is 0.869. The summed E-state index contributed by atoms with van der Waals surface area (Å²) in [6, 6.07) is 0. The molecule has 6 nitrogen and oxygen atoms in total. The Morgan fingerprint density at radius 1 is 1.44 bits per heavy atom. The van der Waals surface area contributed by atoms with E-state index in [1.165, 1.54) is 18.5 Å². The van der Waals surface area contributed by atoms with Crippen LogP contribution >= 0.6 is 0 Å². The Labute approximate surface area is 92.1 Å². The van der Waals surface area contributed by atoms with Crippen molar-refractivity contribution in [3.05, 3.63) is 43.5 Å². The minimum absolute atomic E-state index is 0.119. The van der Waals surface area contributed by atoms with Crippen LogP contribution < -0.4 is 5.32 Å². The molecule has 82 valence electrons. The molecule has 0 amide bonds. The first kappa shape index (κ1) is 11.6. The van der Waals surface area contributed by atoms with Gasteiger partial charge in [0.15, 0.2) is 5.69 Å². The summed E-state index contributed by atoms with van der Waals surface area (Å²) in [7, 11) is 0. The molecule has 1 heterocycles. The van der Waals surface area contributed by atoms with Crippen molar-refractivity contribution in [2.75, 3.05) is 5.32 Å². The van der Waals surface area contributed by atoms with Crippen molar-refractivity contribution >= 4 is 17.6 Å². The highest BCUT2D eigenvalue weighted by molar-refractivity contribution is 6.03. The highest BCUT2D eigenvalue weighted by Crippen LogP contribution is 2.01. The zero-order chi connectivity index (χ0) is 12.0. The van der Waals surface area contributed by atoms with E-state index in [4.69, 9.17) is 5.11 Å². The number of carboxylic acids is 1. The number of rotatable bonds is 4. The molecule has 0 aliphatic rings. The van der Waals surface area contributed by atoms with Gasteiger partial charge >= 0.3 is 5.97 Å². The fraction of sp³-hybridized carbons (Fsp3) is 0. The van der Waals surface area contributed by atoms with Crippen LogP contribution in [0.5, 0.6) is 0 Å². The third-order valence-electron chi connectivity index (χ3n) is 1.55. The SMILES string of the molecule is C=CN=C(C=C)Nc1cnc(C(=O)O)cn1. The summed E-state index contributed by atoms with van der Waals surface area (Å²) < 4.78 is 0. The van der Waals surface area contributed by atoms with Crippen LogP contribution in [0.3, 0.4) is 0 Å². The van der Waals surface area contributed by atoms with E-state index in [1.54, 1.807) is 0 Å². The van der Waals surface area contributed by atoms with Crippen LogP contribution in [0.4, 0.5) is 5.82 Å². The van der Waals surface area contributed by atoms with Gasteiger partial charge in [0.05, 0.1) is 12.4 Å². The van der Waals surface area contributed by atoms with Crippen LogP contribution in [0.2, 0.25) is 0 Å². The van der Waals surface area contributed by atoms with Gasteiger partial charge in [0, 0.05) is 6.20 Å². The van der Waals surface area contributed by atoms with Crippen LogP contribution in [0, 0.1) is 0 Å². The largest absolute Gasteiger partial charge is 0.476 e. The third kappa shape index (κ3) is 3.02. The topological polar surface area (TPSA) is 87.5 Å². The molecule has 0 aliphatic carbocycles. The molecule has 1 rings (SSSR count). The van der Waals surface area contributed by atoms with Crippen molar-refractivity contribution in [3.8, 4) is 0 Å². The summed E-state index contributed by atoms with van der Waals surface area (Å²) in [5.41, 5.74) is -0.119. The Balaban J connectivity index is 2.82. The van der Waals surface area contributed by atoms with Gasteiger partial charge < -0.3 is 10.4 Å². The molecule has 0 unspecified atom stereocenters. The van der Waals surface area contributed by atoms with Crippen LogP contribution in [0.25, 0.3) is 0 Å². The molecule has 6 heteroatoms. The summed E-state index contributed by atoms with van der Waals surface area (Å²) in [6.45, 7) is 6.98. The van der Waals surface area contributed by atoms with Gasteiger partial charge in [-0.25, -0.2) is 19.8 Å². The number of aromatic nitrogens is 2. The molecular weight excluding hydrogens is 208 g/mol. The average Bonchev–Trinajstić information content (AvgIpc) is 2.29. The predicted octanol–water partition coefficient (Wildman–Crippen LogP) is 1.31. The van der Waals surface area contributed by atoms with Gasteiger partial charge in [0.25, 0.3) is 0 Å². The second-order valence-corrected chi connectivity index (χ2v) is 2.62. The van der Waals surface area contributed by atoms with Crippen molar-refractivity contribution in [2.45, 2.75) is 0 Å². The molecule has 0 fully saturated rings. The molecule has 0 aromatic carbocycles. The number of amidine groups is 1. The zero-order valence-electron chi connectivity index (χ0n) is 8.42. The Morgan fingerprint density at radius 3 is 2.62 bits per heavy atom. The number of nitrogens with zero attached hydrogens (tertiary/aromatic N) is 3. The number of carbonyl (C=O) groups is 1. The Hall–Kier alpha value is -2.50. The Bertz CT molecular complexity index is 437. The minimum Gasteiger partial charge on any atom is -0.476 e. The third-order valence-corrected chi connectivity index (χ3v) is 1.55. The molecule has 0 spiro atoms. The van der Waals surface area contributed by atoms with Crippen molar-refractivity contribution in [2.24, 2.45) is 4.99 Å². The molecule has 1 aromatic heterocycles. The van der Waals surface area contributed by atoms with E-state index in [0.717, 1.165) is 6.20 Å². The second-order valence-electron chi connectivity index (χ2n) is 2.62. The van der Waals surface area contributed by atoms with E-state index >= 15 is 0 Å². The van der Waals surface area contributed by atoms with E-state index in [1.807, 2.05) is 0 Å². The monoisotopic (exact) mass is 218 g/mol. The van der Waals surface area contributed by atoms with Crippen LogP contribution in [-0.4, -0.2) is 26.9 Å². The lowest BCUT2D eigenvalue weighted by Crippen LogP contribution is -2.10. The van der Waals surface area contributed by atoms with Crippen molar-refractivity contribution in [1.29, 1.82) is 0 Å². The lowest BCUT2D eigenvalue weighted by atomic mass is 10.4. The summed E-state index contributed by atoms with van der Waals surface area (Å²) in [4.78, 5) is 21.9. The second kappa shape index (κ2) is 5.40. The molecule has 0 saturated heterocycles. The molecule has 0 saturated carbocycles. The first-order valence-electron chi connectivity index (χ1n) is 4.31. The van der Waals surface area contributed by atoms with Gasteiger partial charge in [-0.2, -0.15) is 0 Å². The number of anilines is 1. The minimum atomic E-state index is -1.12. The zero-order valence-corrected chi connectivity index (χ0v) is 8.42. The molecular formula is C10H10N4O2. The molecule has 16 heavy (non-hydrogen) atoms. The van der Waals surface area contributed by atoms with Gasteiger partial charge in [-0.05, 0) is 6.08 Å². The fourth-order valence-electron chi connectivity index (χ4n) is 0.869. The van der Waals surface area contributed by atoms with Gasteiger partial charge in [-0.15, -0.1) is 0 Å². The summed E-state index contributed by atoms with van der Waals surface area (Å²) in [5.74, 6) is -0.291. The Kier molecular flexibility index (Phi) is 3.90. The predicted molar refractivity (Wildman–Crippen MR) is 60.4 cm³/mol. The number of hydrogen-bond acceptors (Lipinski definition) is 4. The highest BCUT2D eigenvalue weighted by Gasteiger charge is 2.04. The van der Waals surface area contributed by atoms with E-state index in [2.05, 4.69) is 33.4 Å². The molecule has 2 N–H and O–H groups in total. The molecule has 0 radical (unpaired) electrons. The van der Waals surface area contributed by atoms with Crippen molar-refractivity contribution in [1.82, 2.24) is 9.97 Å². The van der Waals surface area contributed by atoms with Crippen LogP contribution in [0.1, 0.15) is 10.5 Å². The van der Waals surface area contributed by atoms with Crippen LogP contribution in [-0.2, 0) is 0 Å². The number of nitrogens with one attached hydrogen (secondary N) is 1. The quantitative estimate of drug-likeness (QED) is 0.587. The summed E-state index contributed by atoms with van der Waals surface area (Å²) in [6.07, 6.45) is 5.28. The number of carboxylic acid groups (broad SMARTS) is 1. The number of hydrogen-bond donors (Lipinski definition) is 2. The van der Waals surface area contributed by atoms with Gasteiger partial charge in [-0.1, -0.05) is 13.2 Å². The van der Waals surface area contributed by atoms with E-state index in [9.17, 15) is 4.79 Å². The summed E-state index contributed by atoms with van der Waals surface area (Å²) >= 11 is 0. The number of aliphatic imine (C=N–C) groups is 1. The lowest BCUT2D eigenvalue weighted by molar-refractivity contribution is 0.0690. The van der Waals surface area contributed by atoms with Crippen molar-refractivity contribution in [3.63, 3.8) is 0 Å². The molecule has 0 aliphatic heterocycles. The maximum atomic E-state index is 10.5. The average molecular weight is 218 g/mol. The molecule has 0 atom stereocenters. The van der Waals surface area contributed by atoms with E-state index in [-0.39, 0.29) is 5.69 Å². The molecule has 0 bridgehead atoms. The van der Waals surface area contributed by atoms with E-state index < -0.39 is 5.97 Å². The molecule has 1 aromatic rings. The maximum absolute atomic E-state index is 10.5. The first-order valence-corrected chi connectivity index (χ1v) is 4.31. The van der Waals surface area contributed by atoms with Crippen molar-refractivity contribution < 1.29 is 9.90 Å². The van der Waals surface area contributed by atoms with Crippen LogP contribution in [0.15, 0.2) is 42.8 Å². The van der Waals surface area contributed by atoms with Gasteiger partial charge in [0.1, 0.15) is 11.7 Å². The first-order chi connectivity index (χ1) is 7.67. The smallest absolute Gasteiger partial charge is 0.356 e. The van der Waals surface area contributed by atoms with E-state index in [0.29, 0.717) is 11.7 Å². The van der Waals surface area contributed by atoms with Gasteiger partial charge in [0.2, 0.25) is 0 Å². The lowest BCUT2D eigenvalue weighted by Gasteiger charge is -2.03. The normalized spacial score (nSPS) is 10.6. The summed E-state index contributed by atoms with van der Waals surface area (Å²) in [5, 5.41) is 11.4. The Morgan fingerprint density at radius 2 is 2.19 bits per heavy atom.